The van der Waals surface area contributed by atoms with Gasteiger partial charge < -0.3 is 0 Å². The number of rotatable bonds is 2. The van der Waals surface area contributed by atoms with E-state index in [2.05, 4.69) is 30.3 Å². The van der Waals surface area contributed by atoms with Crippen molar-refractivity contribution in [1.29, 1.82) is 5.26 Å². The fraction of sp³-hybridized carbons (Fsp3) is 0.364. The molecule has 60 valence electrons. The van der Waals surface area contributed by atoms with Gasteiger partial charge in [0.25, 0.3) is 0 Å². The Hall–Kier alpha value is -1.29. The Balaban J connectivity index is 1.95. The maximum atomic E-state index is 8.60. The van der Waals surface area contributed by atoms with E-state index in [0.29, 0.717) is 11.8 Å². The molecule has 0 amide bonds. The Morgan fingerprint density at radius 1 is 1.33 bits per heavy atom. The molecule has 12 heavy (non-hydrogen) atoms. The number of hydrogen-bond acceptors (Lipinski definition) is 1. The van der Waals surface area contributed by atoms with Crippen LogP contribution in [0.25, 0.3) is 0 Å². The third kappa shape index (κ3) is 1.48. The first-order chi connectivity index (χ1) is 5.90. The van der Waals surface area contributed by atoms with Crippen LogP contribution in [0.3, 0.4) is 0 Å². The van der Waals surface area contributed by atoms with Gasteiger partial charge in [-0.3, -0.25) is 0 Å². The van der Waals surface area contributed by atoms with E-state index in [1.807, 2.05) is 6.07 Å². The van der Waals surface area contributed by atoms with Crippen LogP contribution in [0.2, 0.25) is 0 Å². The van der Waals surface area contributed by atoms with Crippen molar-refractivity contribution in [3.63, 3.8) is 0 Å². The summed E-state index contributed by atoms with van der Waals surface area (Å²) in [7, 11) is 0. The molecule has 1 aliphatic carbocycles. The number of hydrogen-bond donors (Lipinski definition) is 0. The maximum Gasteiger partial charge on any atom is 0.0658 e. The molecule has 1 nitrogen and oxygen atoms in total. The molecule has 1 aromatic carbocycles. The van der Waals surface area contributed by atoms with Gasteiger partial charge in [0.05, 0.1) is 6.07 Å². The first kappa shape index (κ1) is 7.36. The van der Waals surface area contributed by atoms with E-state index in [1.165, 1.54) is 5.56 Å². The van der Waals surface area contributed by atoms with Crippen molar-refractivity contribution in [2.75, 3.05) is 0 Å². The summed E-state index contributed by atoms with van der Waals surface area (Å²) < 4.78 is 0. The predicted molar refractivity (Wildman–Crippen MR) is 47.4 cm³/mol. The average molecular weight is 157 g/mol. The summed E-state index contributed by atoms with van der Waals surface area (Å²) in [6, 6.07) is 12.7. The van der Waals surface area contributed by atoms with Crippen LogP contribution >= 0.6 is 0 Å². The Morgan fingerprint density at radius 2 is 2.08 bits per heavy atom. The summed E-state index contributed by atoms with van der Waals surface area (Å²) in [5.74, 6) is 0.975. The highest BCUT2D eigenvalue weighted by molar-refractivity contribution is 5.18. The van der Waals surface area contributed by atoms with Crippen molar-refractivity contribution in [3.8, 4) is 6.07 Å². The van der Waals surface area contributed by atoms with Gasteiger partial charge in [0.2, 0.25) is 0 Å². The zero-order chi connectivity index (χ0) is 8.39. The van der Waals surface area contributed by atoms with Gasteiger partial charge >= 0.3 is 0 Å². The molecule has 0 aliphatic heterocycles. The van der Waals surface area contributed by atoms with Crippen LogP contribution in [0.5, 0.6) is 0 Å². The second kappa shape index (κ2) is 2.98. The molecule has 2 unspecified atom stereocenters. The van der Waals surface area contributed by atoms with Crippen LogP contribution in [-0.2, 0) is 6.42 Å². The van der Waals surface area contributed by atoms with E-state index in [1.54, 1.807) is 0 Å². The van der Waals surface area contributed by atoms with Gasteiger partial charge in [0.15, 0.2) is 0 Å². The lowest BCUT2D eigenvalue weighted by molar-refractivity contribution is 0.789. The monoisotopic (exact) mass is 157 g/mol. The minimum atomic E-state index is 0.338. The van der Waals surface area contributed by atoms with E-state index in [9.17, 15) is 0 Å². The maximum absolute atomic E-state index is 8.60. The molecule has 1 aliphatic rings. The Morgan fingerprint density at radius 3 is 2.67 bits per heavy atom. The molecule has 1 aromatic rings. The van der Waals surface area contributed by atoms with Crippen molar-refractivity contribution in [2.45, 2.75) is 12.8 Å². The zero-order valence-electron chi connectivity index (χ0n) is 6.90. The van der Waals surface area contributed by atoms with Crippen LogP contribution in [0.4, 0.5) is 0 Å². The molecule has 0 aromatic heterocycles. The number of benzene rings is 1. The van der Waals surface area contributed by atoms with Gasteiger partial charge in [-0.15, -0.1) is 0 Å². The van der Waals surface area contributed by atoms with Crippen molar-refractivity contribution < 1.29 is 0 Å². The standard InChI is InChI=1S/C11H11N/c12-8-11-7-10(11)6-9-4-2-1-3-5-9/h1-5,10-11H,6-7H2. The highest BCUT2D eigenvalue weighted by Gasteiger charge is 2.36. The zero-order valence-corrected chi connectivity index (χ0v) is 6.90. The van der Waals surface area contributed by atoms with Crippen molar-refractivity contribution >= 4 is 0 Å². The van der Waals surface area contributed by atoms with Crippen LogP contribution in [-0.4, -0.2) is 0 Å². The molecule has 0 N–H and O–H groups in total. The van der Waals surface area contributed by atoms with Gasteiger partial charge in [0.1, 0.15) is 0 Å². The number of nitrogens with zero attached hydrogens (tertiary/aromatic N) is 1. The fourth-order valence-corrected chi connectivity index (χ4v) is 1.55. The lowest BCUT2D eigenvalue weighted by Crippen LogP contribution is -1.87. The molecule has 1 saturated carbocycles. The van der Waals surface area contributed by atoms with E-state index >= 15 is 0 Å². The third-order valence-electron chi connectivity index (χ3n) is 2.43. The van der Waals surface area contributed by atoms with E-state index in [-0.39, 0.29) is 0 Å². The molecular weight excluding hydrogens is 146 g/mol. The van der Waals surface area contributed by atoms with Crippen LogP contribution in [0.1, 0.15) is 12.0 Å². The molecule has 0 heterocycles. The predicted octanol–water partition coefficient (Wildman–Crippen LogP) is 2.39. The summed E-state index contributed by atoms with van der Waals surface area (Å²) in [5, 5.41) is 8.60. The van der Waals surface area contributed by atoms with Gasteiger partial charge in [-0.05, 0) is 24.3 Å². The molecule has 2 rings (SSSR count). The topological polar surface area (TPSA) is 23.8 Å². The third-order valence-corrected chi connectivity index (χ3v) is 2.43. The van der Waals surface area contributed by atoms with Gasteiger partial charge in [0, 0.05) is 5.92 Å². The summed E-state index contributed by atoms with van der Waals surface area (Å²) in [6.45, 7) is 0. The number of nitriles is 1. The summed E-state index contributed by atoms with van der Waals surface area (Å²) in [5.41, 5.74) is 1.36. The van der Waals surface area contributed by atoms with Crippen LogP contribution < -0.4 is 0 Å². The smallest absolute Gasteiger partial charge is 0.0658 e. The molecule has 2 atom stereocenters. The lowest BCUT2D eigenvalue weighted by Gasteiger charge is -1.96. The highest BCUT2D eigenvalue weighted by atomic mass is 14.4. The van der Waals surface area contributed by atoms with Gasteiger partial charge in [-0.2, -0.15) is 5.26 Å². The highest BCUT2D eigenvalue weighted by Crippen LogP contribution is 2.40. The Kier molecular flexibility index (Phi) is 1.83. The van der Waals surface area contributed by atoms with E-state index in [4.69, 9.17) is 5.26 Å². The summed E-state index contributed by atoms with van der Waals surface area (Å²) in [6.07, 6.45) is 2.18. The molecule has 0 radical (unpaired) electrons. The van der Waals surface area contributed by atoms with Gasteiger partial charge in [-0.1, -0.05) is 30.3 Å². The molecular formula is C11H11N. The second-order valence-electron chi connectivity index (χ2n) is 3.42. The SMILES string of the molecule is N#CC1CC1Cc1ccccc1. The van der Waals surface area contributed by atoms with Crippen molar-refractivity contribution in [2.24, 2.45) is 11.8 Å². The molecule has 1 heteroatoms. The summed E-state index contributed by atoms with van der Waals surface area (Å²) >= 11 is 0. The van der Waals surface area contributed by atoms with Crippen molar-refractivity contribution in [3.05, 3.63) is 35.9 Å². The fourth-order valence-electron chi connectivity index (χ4n) is 1.55. The first-order valence-corrected chi connectivity index (χ1v) is 4.33. The molecule has 0 spiro atoms. The summed E-state index contributed by atoms with van der Waals surface area (Å²) in [4.78, 5) is 0. The normalized spacial score (nSPS) is 26.2. The molecule has 0 saturated heterocycles. The van der Waals surface area contributed by atoms with Crippen molar-refractivity contribution in [1.82, 2.24) is 0 Å². The van der Waals surface area contributed by atoms with Crippen LogP contribution in [0.15, 0.2) is 30.3 Å². The first-order valence-electron chi connectivity index (χ1n) is 4.33. The average Bonchev–Trinajstić information content (AvgIpc) is 2.85. The Bertz CT molecular complexity index is 297. The van der Waals surface area contributed by atoms with E-state index in [0.717, 1.165) is 12.8 Å². The minimum Gasteiger partial charge on any atom is -0.198 e. The largest absolute Gasteiger partial charge is 0.198 e. The lowest BCUT2D eigenvalue weighted by atomic mass is 10.1. The van der Waals surface area contributed by atoms with Gasteiger partial charge in [-0.25, -0.2) is 0 Å². The minimum absolute atomic E-state index is 0.338. The molecule has 1 fully saturated rings. The van der Waals surface area contributed by atoms with E-state index < -0.39 is 0 Å². The molecule has 0 bridgehead atoms. The Labute approximate surface area is 72.6 Å². The van der Waals surface area contributed by atoms with Crippen LogP contribution in [0, 0.1) is 23.2 Å². The second-order valence-corrected chi connectivity index (χ2v) is 3.42. The quantitative estimate of drug-likeness (QED) is 0.646.